The van der Waals surface area contributed by atoms with Crippen LogP contribution in [0.25, 0.3) is 0 Å². The van der Waals surface area contributed by atoms with Gasteiger partial charge in [0.25, 0.3) is 0 Å². The molecule has 5 nitrogen and oxygen atoms in total. The summed E-state index contributed by atoms with van der Waals surface area (Å²) in [4.78, 5) is 11.2. The molecule has 2 rings (SSSR count). The number of carbonyl (C=O) groups is 1. The van der Waals surface area contributed by atoms with Crippen LogP contribution in [0.15, 0.2) is 54.6 Å². The van der Waals surface area contributed by atoms with Crippen LogP contribution in [0.1, 0.15) is 12.0 Å². The number of amides is 1. The van der Waals surface area contributed by atoms with Gasteiger partial charge in [-0.1, -0.05) is 36.4 Å². The van der Waals surface area contributed by atoms with Crippen molar-refractivity contribution in [2.75, 3.05) is 12.8 Å². The van der Waals surface area contributed by atoms with E-state index in [0.29, 0.717) is 17.1 Å². The lowest BCUT2D eigenvalue weighted by Gasteiger charge is -2.11. The van der Waals surface area contributed by atoms with E-state index in [1.807, 2.05) is 18.2 Å². The Morgan fingerprint density at radius 2 is 1.70 bits per heavy atom. The van der Waals surface area contributed by atoms with Gasteiger partial charge in [-0.25, -0.2) is 8.42 Å². The predicted molar refractivity (Wildman–Crippen MR) is 89.1 cm³/mol. The Hall–Kier alpha value is -2.34. The van der Waals surface area contributed by atoms with E-state index >= 15 is 0 Å². The van der Waals surface area contributed by atoms with Crippen molar-refractivity contribution < 1.29 is 17.9 Å². The summed E-state index contributed by atoms with van der Waals surface area (Å²) in [7, 11) is -1.91. The summed E-state index contributed by atoms with van der Waals surface area (Å²) in [6.45, 7) is 0. The number of benzene rings is 2. The Morgan fingerprint density at radius 3 is 2.39 bits per heavy atom. The third-order valence-corrected chi connectivity index (χ3v) is 4.81. The SMILES string of the molecule is CNC(=O)CCS(=O)(=O)Cc1ccccc1Oc1ccccc1. The maximum atomic E-state index is 12.2. The van der Waals surface area contributed by atoms with E-state index < -0.39 is 9.84 Å². The van der Waals surface area contributed by atoms with E-state index in [4.69, 9.17) is 4.74 Å². The molecule has 1 amide bonds. The number of nitrogens with one attached hydrogen (secondary N) is 1. The minimum absolute atomic E-state index is 0.0411. The zero-order valence-corrected chi connectivity index (χ0v) is 13.7. The largest absolute Gasteiger partial charge is 0.457 e. The highest BCUT2D eigenvalue weighted by molar-refractivity contribution is 7.90. The fourth-order valence-corrected chi connectivity index (χ4v) is 3.37. The molecule has 0 saturated heterocycles. The number of para-hydroxylation sites is 2. The third-order valence-electron chi connectivity index (χ3n) is 3.24. The molecule has 0 atom stereocenters. The second kappa shape index (κ2) is 7.78. The number of hydrogen-bond acceptors (Lipinski definition) is 4. The van der Waals surface area contributed by atoms with Gasteiger partial charge in [-0.15, -0.1) is 0 Å². The maximum Gasteiger partial charge on any atom is 0.220 e. The third kappa shape index (κ3) is 5.41. The van der Waals surface area contributed by atoms with E-state index in [1.54, 1.807) is 36.4 Å². The summed E-state index contributed by atoms with van der Waals surface area (Å²) in [5.41, 5.74) is 0.577. The summed E-state index contributed by atoms with van der Waals surface area (Å²) in [6, 6.07) is 16.2. The Morgan fingerprint density at radius 1 is 1.04 bits per heavy atom. The lowest BCUT2D eigenvalue weighted by atomic mass is 10.2. The molecular formula is C17H19NO4S. The second-order valence-corrected chi connectivity index (χ2v) is 7.22. The molecule has 0 radical (unpaired) electrons. The van der Waals surface area contributed by atoms with E-state index in [2.05, 4.69) is 5.32 Å². The molecule has 23 heavy (non-hydrogen) atoms. The Labute approximate surface area is 136 Å². The van der Waals surface area contributed by atoms with Crippen molar-refractivity contribution in [3.63, 3.8) is 0 Å². The molecule has 1 N–H and O–H groups in total. The molecule has 0 aromatic heterocycles. The molecule has 122 valence electrons. The van der Waals surface area contributed by atoms with Crippen molar-refractivity contribution in [3.05, 3.63) is 60.2 Å². The summed E-state index contributed by atoms with van der Waals surface area (Å²) in [5.74, 6) is 0.506. The first-order chi connectivity index (χ1) is 11.0. The summed E-state index contributed by atoms with van der Waals surface area (Å²) >= 11 is 0. The Balaban J connectivity index is 2.12. The smallest absolute Gasteiger partial charge is 0.220 e. The van der Waals surface area contributed by atoms with Crippen LogP contribution in [0.3, 0.4) is 0 Å². The molecule has 0 unspecified atom stereocenters. The van der Waals surface area contributed by atoms with Gasteiger partial charge < -0.3 is 10.1 Å². The molecule has 0 heterocycles. The zero-order chi connectivity index (χ0) is 16.7. The van der Waals surface area contributed by atoms with Crippen LogP contribution in [0.5, 0.6) is 11.5 Å². The summed E-state index contributed by atoms with van der Waals surface area (Å²) < 4.78 is 30.1. The molecule has 0 aliphatic rings. The molecule has 0 aliphatic heterocycles. The van der Waals surface area contributed by atoms with Crippen LogP contribution in [0.4, 0.5) is 0 Å². The normalized spacial score (nSPS) is 11.0. The highest BCUT2D eigenvalue weighted by atomic mass is 32.2. The van der Waals surface area contributed by atoms with Crippen molar-refractivity contribution in [1.29, 1.82) is 0 Å². The van der Waals surface area contributed by atoms with Gasteiger partial charge in [-0.05, 0) is 18.2 Å². The maximum absolute atomic E-state index is 12.2. The molecule has 0 aliphatic carbocycles. The van der Waals surface area contributed by atoms with Gasteiger partial charge in [0.2, 0.25) is 5.91 Å². The first kappa shape index (κ1) is 17.0. The first-order valence-corrected chi connectivity index (χ1v) is 9.04. The molecular weight excluding hydrogens is 314 g/mol. The highest BCUT2D eigenvalue weighted by Gasteiger charge is 2.17. The number of carbonyl (C=O) groups excluding carboxylic acids is 1. The molecule has 6 heteroatoms. The average molecular weight is 333 g/mol. The summed E-state index contributed by atoms with van der Waals surface area (Å²) in [6.07, 6.45) is -0.0411. The molecule has 0 saturated carbocycles. The Kier molecular flexibility index (Phi) is 5.76. The van der Waals surface area contributed by atoms with Crippen molar-refractivity contribution in [1.82, 2.24) is 5.32 Å². The lowest BCUT2D eigenvalue weighted by molar-refractivity contribution is -0.120. The monoisotopic (exact) mass is 333 g/mol. The van der Waals surface area contributed by atoms with E-state index in [1.165, 1.54) is 7.05 Å². The average Bonchev–Trinajstić information content (AvgIpc) is 2.55. The number of ether oxygens (including phenoxy) is 1. The van der Waals surface area contributed by atoms with Gasteiger partial charge in [-0.2, -0.15) is 0 Å². The van der Waals surface area contributed by atoms with Crippen molar-refractivity contribution >= 4 is 15.7 Å². The minimum Gasteiger partial charge on any atom is -0.457 e. The zero-order valence-electron chi connectivity index (χ0n) is 12.9. The van der Waals surface area contributed by atoms with Crippen molar-refractivity contribution in [2.24, 2.45) is 0 Å². The summed E-state index contributed by atoms with van der Waals surface area (Å²) in [5, 5.41) is 2.42. The first-order valence-electron chi connectivity index (χ1n) is 7.22. The predicted octanol–water partition coefficient (Wildman–Crippen LogP) is 2.53. The van der Waals surface area contributed by atoms with Crippen LogP contribution in [-0.2, 0) is 20.4 Å². The lowest BCUT2D eigenvalue weighted by Crippen LogP contribution is -2.22. The quantitative estimate of drug-likeness (QED) is 0.845. The van der Waals surface area contributed by atoms with Crippen LogP contribution in [0.2, 0.25) is 0 Å². The van der Waals surface area contributed by atoms with Crippen LogP contribution < -0.4 is 10.1 Å². The van der Waals surface area contributed by atoms with E-state index in [-0.39, 0.29) is 23.8 Å². The van der Waals surface area contributed by atoms with E-state index in [0.717, 1.165) is 0 Å². The second-order valence-electron chi connectivity index (χ2n) is 5.04. The molecule has 0 bridgehead atoms. The van der Waals surface area contributed by atoms with Gasteiger partial charge in [0, 0.05) is 19.0 Å². The number of hydrogen-bond donors (Lipinski definition) is 1. The molecule has 0 spiro atoms. The fourth-order valence-electron chi connectivity index (χ4n) is 2.02. The highest BCUT2D eigenvalue weighted by Crippen LogP contribution is 2.26. The van der Waals surface area contributed by atoms with Gasteiger partial charge in [0.15, 0.2) is 9.84 Å². The van der Waals surface area contributed by atoms with Crippen molar-refractivity contribution in [2.45, 2.75) is 12.2 Å². The van der Waals surface area contributed by atoms with Gasteiger partial charge in [0.05, 0.1) is 11.5 Å². The standard InChI is InChI=1S/C17H19NO4S/c1-18-17(19)11-12-23(20,21)13-14-7-5-6-10-16(14)22-15-8-3-2-4-9-15/h2-10H,11-13H2,1H3,(H,18,19). The molecule has 0 fully saturated rings. The molecule has 2 aromatic carbocycles. The minimum atomic E-state index is -3.40. The fraction of sp³-hybridized carbons (Fsp3) is 0.235. The van der Waals surface area contributed by atoms with Gasteiger partial charge in [0.1, 0.15) is 11.5 Å². The van der Waals surface area contributed by atoms with E-state index in [9.17, 15) is 13.2 Å². The molecule has 2 aromatic rings. The number of sulfone groups is 1. The topological polar surface area (TPSA) is 72.5 Å². The number of rotatable bonds is 7. The van der Waals surface area contributed by atoms with Crippen LogP contribution >= 0.6 is 0 Å². The van der Waals surface area contributed by atoms with Crippen LogP contribution in [0, 0.1) is 0 Å². The Bertz CT molecular complexity index is 757. The van der Waals surface area contributed by atoms with Crippen molar-refractivity contribution in [3.8, 4) is 11.5 Å². The van der Waals surface area contributed by atoms with Gasteiger partial charge in [-0.3, -0.25) is 4.79 Å². The van der Waals surface area contributed by atoms with Gasteiger partial charge >= 0.3 is 0 Å². The van der Waals surface area contributed by atoms with Crippen LogP contribution in [-0.4, -0.2) is 27.1 Å².